The average molecular weight is 648 g/mol. The maximum absolute atomic E-state index is 14.1. The number of thiazole rings is 1. The van der Waals surface area contributed by atoms with Crippen molar-refractivity contribution in [2.75, 3.05) is 12.4 Å². The van der Waals surface area contributed by atoms with E-state index in [2.05, 4.69) is 5.32 Å². The van der Waals surface area contributed by atoms with E-state index in [9.17, 15) is 14.4 Å². The number of hydrogen-bond donors (Lipinski definition) is 1. The third-order valence-corrected chi connectivity index (χ3v) is 8.66. The van der Waals surface area contributed by atoms with Crippen molar-refractivity contribution in [1.29, 1.82) is 0 Å². The van der Waals surface area contributed by atoms with Gasteiger partial charge in [-0.15, -0.1) is 0 Å². The van der Waals surface area contributed by atoms with Crippen LogP contribution in [-0.4, -0.2) is 29.7 Å². The summed E-state index contributed by atoms with van der Waals surface area (Å²) < 4.78 is 18.9. The molecule has 1 N–H and O–H groups in total. The first kappa shape index (κ1) is 31.5. The number of rotatable bonds is 8. The summed E-state index contributed by atoms with van der Waals surface area (Å²) in [6.07, 6.45) is 1.47. The molecule has 0 saturated heterocycles. The highest BCUT2D eigenvalue weighted by Crippen LogP contribution is 2.33. The Morgan fingerprint density at radius 3 is 2.51 bits per heavy atom. The zero-order valence-electron chi connectivity index (χ0n) is 26.6. The third-order valence-electron chi connectivity index (χ3n) is 7.68. The molecule has 2 aromatic heterocycles. The van der Waals surface area contributed by atoms with Crippen molar-refractivity contribution >= 4 is 35.0 Å². The van der Waals surface area contributed by atoms with Gasteiger partial charge in [0.2, 0.25) is 0 Å². The first-order valence-corrected chi connectivity index (χ1v) is 15.9. The number of aryl methyl sites for hydroxylation is 1. The molecular formula is C37H33N3O6S. The number of benzene rings is 3. The Bertz CT molecular complexity index is 2210. The van der Waals surface area contributed by atoms with Crippen LogP contribution in [-0.2, 0) is 9.53 Å². The Kier molecular flexibility index (Phi) is 8.78. The molecule has 0 fully saturated rings. The number of methoxy groups -OCH3 is 1. The van der Waals surface area contributed by atoms with Gasteiger partial charge in [0.05, 0.1) is 40.6 Å². The van der Waals surface area contributed by atoms with Crippen LogP contribution < -0.4 is 24.9 Å². The van der Waals surface area contributed by atoms with E-state index in [4.69, 9.17) is 18.9 Å². The number of allylic oxidation sites excluding steroid dienone is 1. The summed E-state index contributed by atoms with van der Waals surface area (Å²) in [5, 5.41) is 2.96. The summed E-state index contributed by atoms with van der Waals surface area (Å²) in [6.45, 7) is 7.29. The van der Waals surface area contributed by atoms with Crippen LogP contribution in [0.5, 0.6) is 5.75 Å². The van der Waals surface area contributed by atoms with Crippen LogP contribution in [0, 0.1) is 6.92 Å². The molecule has 1 aliphatic rings. The number of para-hydroxylation sites is 1. The van der Waals surface area contributed by atoms with Gasteiger partial charge in [-0.1, -0.05) is 47.7 Å². The predicted molar refractivity (Wildman–Crippen MR) is 181 cm³/mol. The number of nitrogens with one attached hydrogen (secondary N) is 1. The molecule has 1 amide bonds. The van der Waals surface area contributed by atoms with Gasteiger partial charge in [0, 0.05) is 17.3 Å². The van der Waals surface area contributed by atoms with Gasteiger partial charge in [0.15, 0.2) is 4.80 Å². The maximum atomic E-state index is 14.1. The van der Waals surface area contributed by atoms with Gasteiger partial charge in [0.1, 0.15) is 17.3 Å². The Morgan fingerprint density at radius 1 is 1.00 bits per heavy atom. The Hall–Kier alpha value is -5.48. The second-order valence-corrected chi connectivity index (χ2v) is 12.4. The van der Waals surface area contributed by atoms with Crippen molar-refractivity contribution in [1.82, 2.24) is 4.57 Å². The number of ether oxygens (including phenoxy) is 2. The summed E-state index contributed by atoms with van der Waals surface area (Å²) in [5.74, 6) is 0.937. The van der Waals surface area contributed by atoms with Gasteiger partial charge < -0.3 is 19.2 Å². The summed E-state index contributed by atoms with van der Waals surface area (Å²) >= 11 is 1.22. The maximum Gasteiger partial charge on any atom is 0.338 e. The number of fused-ring (bicyclic) bond motifs is 1. The van der Waals surface area contributed by atoms with Gasteiger partial charge >= 0.3 is 5.97 Å². The molecular weight excluding hydrogens is 614 g/mol. The molecule has 0 spiro atoms. The highest BCUT2D eigenvalue weighted by atomic mass is 32.1. The first-order valence-electron chi connectivity index (χ1n) is 15.1. The average Bonchev–Trinajstić information content (AvgIpc) is 3.64. The minimum atomic E-state index is -0.747. The number of amides is 1. The van der Waals surface area contributed by atoms with E-state index >= 15 is 0 Å². The Balaban J connectivity index is 1.39. The first-order chi connectivity index (χ1) is 22.6. The number of esters is 1. The molecule has 0 unspecified atom stereocenters. The fourth-order valence-electron chi connectivity index (χ4n) is 5.51. The Labute approximate surface area is 275 Å². The summed E-state index contributed by atoms with van der Waals surface area (Å²) in [4.78, 5) is 45.4. The fraction of sp³-hybridized carbons (Fsp3) is 0.189. The predicted octanol–water partition coefficient (Wildman–Crippen LogP) is 6.02. The largest absolute Gasteiger partial charge is 0.497 e. The number of furan rings is 1. The molecule has 9 nitrogen and oxygen atoms in total. The number of aromatic nitrogens is 1. The van der Waals surface area contributed by atoms with E-state index in [0.29, 0.717) is 54.7 Å². The van der Waals surface area contributed by atoms with E-state index in [1.165, 1.54) is 11.3 Å². The molecule has 6 rings (SSSR count). The van der Waals surface area contributed by atoms with E-state index in [0.717, 1.165) is 11.1 Å². The second-order valence-electron chi connectivity index (χ2n) is 11.4. The van der Waals surface area contributed by atoms with Crippen LogP contribution in [0.1, 0.15) is 54.1 Å². The van der Waals surface area contributed by atoms with Crippen molar-refractivity contribution in [3.05, 3.63) is 138 Å². The highest BCUT2D eigenvalue weighted by molar-refractivity contribution is 7.07. The molecule has 47 heavy (non-hydrogen) atoms. The standard InChI is InChI=1S/C37H33N3O6S/c1-21(2)45-36(43)25-14-16-29(22(3)18-25)30-17-15-28(46-30)20-31-35(42)40-33(24-10-9-13-27(19-24)44-5)32(23(4)38-37(40)47-31)34(41)39-26-11-7-6-8-12-26/h6-21,33H,1-5H3,(H,39,41)/b31-20+/t33-/m0/s1. The van der Waals surface area contributed by atoms with Crippen molar-refractivity contribution in [2.24, 2.45) is 4.99 Å². The van der Waals surface area contributed by atoms with Gasteiger partial charge in [-0.25, -0.2) is 9.79 Å². The van der Waals surface area contributed by atoms with Crippen molar-refractivity contribution in [3.63, 3.8) is 0 Å². The molecule has 1 aliphatic heterocycles. The summed E-state index contributed by atoms with van der Waals surface area (Å²) in [5.41, 5.74) is 4.03. The quantitative estimate of drug-likeness (QED) is 0.206. The molecule has 0 aliphatic carbocycles. The minimum absolute atomic E-state index is 0.214. The van der Waals surface area contributed by atoms with Gasteiger partial charge in [-0.2, -0.15) is 0 Å². The van der Waals surface area contributed by atoms with E-state index < -0.39 is 6.04 Å². The molecule has 3 heterocycles. The SMILES string of the molecule is COc1cccc([C@H]2C(C(=O)Nc3ccccc3)=C(C)N=c3s/c(=C/c4ccc(-c5ccc(C(=O)OC(C)C)cc5C)o4)c(=O)n32)c1. The van der Waals surface area contributed by atoms with Crippen molar-refractivity contribution in [2.45, 2.75) is 39.8 Å². The summed E-state index contributed by atoms with van der Waals surface area (Å²) in [7, 11) is 1.57. The number of carbonyl (C=O) groups excluding carboxylic acids is 2. The van der Waals surface area contributed by atoms with Crippen LogP contribution in [0.2, 0.25) is 0 Å². The number of anilines is 1. The second kappa shape index (κ2) is 13.1. The lowest BCUT2D eigenvalue weighted by atomic mass is 9.95. The molecule has 0 bridgehead atoms. The van der Waals surface area contributed by atoms with Crippen LogP contribution in [0.15, 0.2) is 110 Å². The highest BCUT2D eigenvalue weighted by Gasteiger charge is 2.33. The zero-order valence-corrected chi connectivity index (χ0v) is 27.4. The lowest BCUT2D eigenvalue weighted by Gasteiger charge is -2.25. The van der Waals surface area contributed by atoms with Crippen LogP contribution in [0.25, 0.3) is 17.4 Å². The van der Waals surface area contributed by atoms with Crippen molar-refractivity contribution < 1.29 is 23.5 Å². The number of hydrogen-bond acceptors (Lipinski definition) is 8. The topological polar surface area (TPSA) is 112 Å². The minimum Gasteiger partial charge on any atom is -0.497 e. The molecule has 0 saturated carbocycles. The van der Waals surface area contributed by atoms with Gasteiger partial charge in [-0.3, -0.25) is 14.2 Å². The molecule has 0 radical (unpaired) electrons. The van der Waals surface area contributed by atoms with Crippen LogP contribution >= 0.6 is 11.3 Å². The fourth-order valence-corrected chi connectivity index (χ4v) is 6.54. The number of nitrogens with zero attached hydrogens (tertiary/aromatic N) is 2. The lowest BCUT2D eigenvalue weighted by molar-refractivity contribution is -0.113. The zero-order chi connectivity index (χ0) is 33.2. The summed E-state index contributed by atoms with van der Waals surface area (Å²) in [6, 6.07) is 24.7. The van der Waals surface area contributed by atoms with Crippen LogP contribution in [0.4, 0.5) is 5.69 Å². The number of carbonyl (C=O) groups is 2. The van der Waals surface area contributed by atoms with E-state index in [1.54, 1.807) is 55.0 Å². The normalized spacial score (nSPS) is 14.5. The van der Waals surface area contributed by atoms with Gasteiger partial charge in [0.25, 0.3) is 11.5 Å². The third kappa shape index (κ3) is 6.45. The smallest absolute Gasteiger partial charge is 0.338 e. The Morgan fingerprint density at radius 2 is 1.79 bits per heavy atom. The van der Waals surface area contributed by atoms with Gasteiger partial charge in [-0.05, 0) is 87.4 Å². The van der Waals surface area contributed by atoms with Crippen LogP contribution in [0.3, 0.4) is 0 Å². The molecule has 1 atom stereocenters. The molecule has 10 heteroatoms. The van der Waals surface area contributed by atoms with E-state index in [-0.39, 0.29) is 23.5 Å². The van der Waals surface area contributed by atoms with E-state index in [1.807, 2.05) is 75.4 Å². The van der Waals surface area contributed by atoms with Crippen molar-refractivity contribution in [3.8, 4) is 17.1 Å². The monoisotopic (exact) mass is 647 g/mol. The molecule has 3 aromatic carbocycles. The molecule has 238 valence electrons. The lowest BCUT2D eigenvalue weighted by Crippen LogP contribution is -2.40. The molecule has 5 aromatic rings.